The molecule has 1 heterocycles. The molecule has 2 rings (SSSR count). The van der Waals surface area contributed by atoms with E-state index in [4.69, 9.17) is 5.84 Å². The van der Waals surface area contributed by atoms with E-state index in [2.05, 4.69) is 43.3 Å². The van der Waals surface area contributed by atoms with Crippen molar-refractivity contribution >= 4 is 26.7 Å². The molecule has 0 spiro atoms. The standard InChI is InChI=1S/C11H15N3S/c1-11(2,3)7-4-5-8-9(6-7)15-10(13-8)14-12/h4-6H,12H2,1-3H3,(H,13,14). The molecular weight excluding hydrogens is 206 g/mol. The van der Waals surface area contributed by atoms with Gasteiger partial charge in [-0.1, -0.05) is 38.2 Å². The van der Waals surface area contributed by atoms with Crippen molar-refractivity contribution in [1.29, 1.82) is 0 Å². The minimum atomic E-state index is 0.175. The molecule has 0 saturated heterocycles. The van der Waals surface area contributed by atoms with Gasteiger partial charge in [0, 0.05) is 0 Å². The molecule has 0 saturated carbocycles. The van der Waals surface area contributed by atoms with Crippen LogP contribution in [0.1, 0.15) is 26.3 Å². The van der Waals surface area contributed by atoms with Gasteiger partial charge in [0.05, 0.1) is 10.2 Å². The molecule has 0 fully saturated rings. The van der Waals surface area contributed by atoms with Crippen LogP contribution in [-0.4, -0.2) is 4.98 Å². The number of nitrogens with one attached hydrogen (secondary N) is 1. The van der Waals surface area contributed by atoms with E-state index in [1.54, 1.807) is 11.3 Å². The molecular formula is C11H15N3S. The second kappa shape index (κ2) is 3.47. The Labute approximate surface area is 93.3 Å². The third-order valence-electron chi connectivity index (χ3n) is 2.38. The number of benzene rings is 1. The van der Waals surface area contributed by atoms with Crippen molar-refractivity contribution in [2.45, 2.75) is 26.2 Å². The van der Waals surface area contributed by atoms with E-state index in [0.29, 0.717) is 0 Å². The number of anilines is 1. The quantitative estimate of drug-likeness (QED) is 0.575. The first-order chi connectivity index (χ1) is 7.00. The van der Waals surface area contributed by atoms with Gasteiger partial charge in [0.25, 0.3) is 0 Å². The third kappa shape index (κ3) is 1.96. The van der Waals surface area contributed by atoms with Crippen LogP contribution in [0.2, 0.25) is 0 Å². The summed E-state index contributed by atoms with van der Waals surface area (Å²) in [4.78, 5) is 4.34. The Hall–Kier alpha value is -1.13. The lowest BCUT2D eigenvalue weighted by atomic mass is 9.87. The molecule has 0 bridgehead atoms. The van der Waals surface area contributed by atoms with Crippen LogP contribution in [-0.2, 0) is 5.41 Å². The summed E-state index contributed by atoms with van der Waals surface area (Å²) in [5.74, 6) is 5.34. The molecule has 15 heavy (non-hydrogen) atoms. The number of nitrogen functional groups attached to an aromatic ring is 1. The highest BCUT2D eigenvalue weighted by Crippen LogP contribution is 2.30. The third-order valence-corrected chi connectivity index (χ3v) is 3.33. The van der Waals surface area contributed by atoms with Crippen LogP contribution in [0.25, 0.3) is 10.2 Å². The lowest BCUT2D eigenvalue weighted by molar-refractivity contribution is 0.591. The van der Waals surface area contributed by atoms with Crippen LogP contribution in [0.15, 0.2) is 18.2 Å². The van der Waals surface area contributed by atoms with E-state index in [1.807, 2.05) is 6.07 Å². The smallest absolute Gasteiger partial charge is 0.198 e. The first-order valence-electron chi connectivity index (χ1n) is 4.88. The fourth-order valence-corrected chi connectivity index (χ4v) is 2.27. The topological polar surface area (TPSA) is 50.9 Å². The molecule has 0 atom stereocenters. The largest absolute Gasteiger partial charge is 0.300 e. The van der Waals surface area contributed by atoms with E-state index >= 15 is 0 Å². The summed E-state index contributed by atoms with van der Waals surface area (Å²) in [5, 5.41) is 0.760. The summed E-state index contributed by atoms with van der Waals surface area (Å²) in [7, 11) is 0. The van der Waals surface area contributed by atoms with E-state index in [0.717, 1.165) is 10.6 Å². The number of aromatic nitrogens is 1. The Morgan fingerprint density at radius 1 is 1.33 bits per heavy atom. The van der Waals surface area contributed by atoms with Crippen LogP contribution in [0.4, 0.5) is 5.13 Å². The zero-order chi connectivity index (χ0) is 11.1. The van der Waals surface area contributed by atoms with Crippen molar-refractivity contribution in [2.75, 3.05) is 5.43 Å². The Morgan fingerprint density at radius 2 is 2.07 bits per heavy atom. The zero-order valence-electron chi connectivity index (χ0n) is 9.16. The Kier molecular flexibility index (Phi) is 2.40. The number of hydrazine groups is 1. The maximum absolute atomic E-state index is 5.34. The highest BCUT2D eigenvalue weighted by Gasteiger charge is 2.14. The molecule has 3 nitrogen and oxygen atoms in total. The van der Waals surface area contributed by atoms with Crippen molar-refractivity contribution in [3.63, 3.8) is 0 Å². The van der Waals surface area contributed by atoms with Gasteiger partial charge in [0.2, 0.25) is 0 Å². The molecule has 4 heteroatoms. The lowest BCUT2D eigenvalue weighted by Crippen LogP contribution is -2.10. The lowest BCUT2D eigenvalue weighted by Gasteiger charge is -2.18. The van der Waals surface area contributed by atoms with Gasteiger partial charge >= 0.3 is 0 Å². The van der Waals surface area contributed by atoms with E-state index < -0.39 is 0 Å². The molecule has 1 aromatic heterocycles. The number of hydrogen-bond donors (Lipinski definition) is 2. The van der Waals surface area contributed by atoms with Gasteiger partial charge in [-0.05, 0) is 23.1 Å². The van der Waals surface area contributed by atoms with Gasteiger partial charge in [0.15, 0.2) is 5.13 Å². The summed E-state index contributed by atoms with van der Waals surface area (Å²) in [5.41, 5.74) is 5.08. The molecule has 0 amide bonds. The highest BCUT2D eigenvalue weighted by molar-refractivity contribution is 7.22. The first-order valence-corrected chi connectivity index (χ1v) is 5.70. The molecule has 0 aliphatic heterocycles. The predicted molar refractivity (Wildman–Crippen MR) is 66.1 cm³/mol. The molecule has 2 aromatic rings. The minimum Gasteiger partial charge on any atom is -0.300 e. The van der Waals surface area contributed by atoms with Gasteiger partial charge in [-0.15, -0.1) is 0 Å². The van der Waals surface area contributed by atoms with Crippen molar-refractivity contribution in [3.05, 3.63) is 23.8 Å². The number of nitrogens with two attached hydrogens (primary N) is 1. The average Bonchev–Trinajstić information content (AvgIpc) is 2.57. The number of fused-ring (bicyclic) bond motifs is 1. The summed E-state index contributed by atoms with van der Waals surface area (Å²) >= 11 is 1.58. The van der Waals surface area contributed by atoms with Crippen molar-refractivity contribution in [3.8, 4) is 0 Å². The summed E-state index contributed by atoms with van der Waals surface area (Å²) < 4.78 is 1.18. The van der Waals surface area contributed by atoms with Crippen molar-refractivity contribution < 1.29 is 0 Å². The average molecular weight is 221 g/mol. The number of hydrogen-bond acceptors (Lipinski definition) is 4. The summed E-state index contributed by atoms with van der Waals surface area (Å²) in [6.45, 7) is 6.62. The normalized spacial score (nSPS) is 12.0. The van der Waals surface area contributed by atoms with Gasteiger partial charge < -0.3 is 0 Å². The Morgan fingerprint density at radius 3 is 2.67 bits per heavy atom. The molecule has 80 valence electrons. The first kappa shape index (κ1) is 10.4. The number of nitrogens with zero attached hydrogens (tertiary/aromatic N) is 1. The van der Waals surface area contributed by atoms with Crippen LogP contribution < -0.4 is 11.3 Å². The molecule has 0 aliphatic carbocycles. The van der Waals surface area contributed by atoms with Crippen molar-refractivity contribution in [1.82, 2.24) is 4.98 Å². The molecule has 1 aromatic carbocycles. The van der Waals surface area contributed by atoms with Crippen LogP contribution in [0.5, 0.6) is 0 Å². The second-order valence-electron chi connectivity index (χ2n) is 4.60. The summed E-state index contributed by atoms with van der Waals surface area (Å²) in [6.07, 6.45) is 0. The molecule has 0 aliphatic rings. The maximum Gasteiger partial charge on any atom is 0.198 e. The summed E-state index contributed by atoms with van der Waals surface area (Å²) in [6, 6.07) is 6.36. The highest BCUT2D eigenvalue weighted by atomic mass is 32.1. The van der Waals surface area contributed by atoms with Gasteiger partial charge in [-0.3, -0.25) is 5.43 Å². The Bertz CT molecular complexity index is 482. The van der Waals surface area contributed by atoms with E-state index in [9.17, 15) is 0 Å². The SMILES string of the molecule is CC(C)(C)c1ccc2nc(NN)sc2c1. The molecule has 0 unspecified atom stereocenters. The van der Waals surface area contributed by atoms with E-state index in [1.165, 1.54) is 10.3 Å². The van der Waals surface area contributed by atoms with E-state index in [-0.39, 0.29) is 5.41 Å². The molecule has 3 N–H and O–H groups in total. The Balaban J connectivity index is 2.55. The van der Waals surface area contributed by atoms with Crippen LogP contribution in [0, 0.1) is 0 Å². The monoisotopic (exact) mass is 221 g/mol. The van der Waals surface area contributed by atoms with Gasteiger partial charge in [-0.25, -0.2) is 10.8 Å². The predicted octanol–water partition coefficient (Wildman–Crippen LogP) is 2.88. The molecule has 0 radical (unpaired) electrons. The van der Waals surface area contributed by atoms with Crippen LogP contribution in [0.3, 0.4) is 0 Å². The van der Waals surface area contributed by atoms with Crippen LogP contribution >= 0.6 is 11.3 Å². The number of rotatable bonds is 1. The van der Waals surface area contributed by atoms with Crippen molar-refractivity contribution in [2.24, 2.45) is 5.84 Å². The fraction of sp³-hybridized carbons (Fsp3) is 0.364. The second-order valence-corrected chi connectivity index (χ2v) is 5.63. The fourth-order valence-electron chi connectivity index (χ4n) is 1.45. The maximum atomic E-state index is 5.34. The van der Waals surface area contributed by atoms with Gasteiger partial charge in [-0.2, -0.15) is 0 Å². The zero-order valence-corrected chi connectivity index (χ0v) is 9.98. The number of thiazole rings is 1. The van der Waals surface area contributed by atoms with Gasteiger partial charge in [0.1, 0.15) is 0 Å². The minimum absolute atomic E-state index is 0.175.